The summed E-state index contributed by atoms with van der Waals surface area (Å²) in [5, 5.41) is 86.3. The van der Waals surface area contributed by atoms with E-state index >= 15 is 0 Å². The Balaban J connectivity index is 0.000000119. The molecule has 11 N–H and O–H groups in total. The molecule has 11 heteroatoms. The number of para-hydroxylation sites is 3. The highest BCUT2D eigenvalue weighted by molar-refractivity contribution is 5.95. The molecule has 11 nitrogen and oxygen atoms in total. The molecule has 3 aromatic heterocycles. The summed E-state index contributed by atoms with van der Waals surface area (Å²) in [5.74, 6) is -2.36. The number of aromatic hydroxyl groups is 7. The molecule has 3 aliphatic rings. The number of fused-ring (bicyclic) bond motifs is 6. The molecule has 0 saturated carbocycles. The number of allylic oxidation sites excluding steroid dienone is 5. The Kier molecular flexibility index (Phi) is 13.6. The normalized spacial score (nSPS) is 14.8. The minimum Gasteiger partial charge on any atom is -0.508 e. The number of phenolic OH excluding ortho intramolecular Hbond substituents is 7. The summed E-state index contributed by atoms with van der Waals surface area (Å²) in [4.78, 5) is 9.98. The quantitative estimate of drug-likeness (QED) is 0.0592. The molecule has 3 heterocycles. The average Bonchev–Trinajstić information content (AvgIpc) is 1.86. The molecule has 0 aliphatic heterocycles. The van der Waals surface area contributed by atoms with Crippen molar-refractivity contribution in [2.75, 3.05) is 0 Å². The number of aromatic amines is 3. The van der Waals surface area contributed by atoms with Crippen LogP contribution in [0.2, 0.25) is 0 Å². The van der Waals surface area contributed by atoms with Gasteiger partial charge in [-0.3, -0.25) is 0 Å². The van der Waals surface area contributed by atoms with Gasteiger partial charge in [0.2, 0.25) is 0 Å². The molecule has 0 bridgehead atoms. The highest BCUT2D eigenvalue weighted by Crippen LogP contribution is 2.55. The van der Waals surface area contributed by atoms with E-state index in [1.807, 2.05) is 103 Å². The average molecular weight is 1120 g/mol. The molecule has 9 aromatic carbocycles. The molecule has 85 heavy (non-hydrogen) atoms. The van der Waals surface area contributed by atoms with E-state index < -0.39 is 34.0 Å². The molecule has 0 radical (unpaired) electrons. The Labute approximate surface area is 490 Å². The van der Waals surface area contributed by atoms with Crippen molar-refractivity contribution in [2.45, 2.75) is 49.5 Å². The summed E-state index contributed by atoms with van der Waals surface area (Å²) in [6.07, 6.45) is 15.6. The van der Waals surface area contributed by atoms with Crippen LogP contribution in [0.4, 0.5) is 0 Å². The van der Waals surface area contributed by atoms with Gasteiger partial charge < -0.3 is 55.8 Å². The highest BCUT2D eigenvalue weighted by atomic mass is 16.3. The molecule has 0 fully saturated rings. The standard InChI is InChI=1S/C26H23NO3.C24H19NO4.C24H19NO/c1-2-26(17-13-23(28)25(30)24(29)14-17,20-12-11-16-7-3-4-8-18(16)20)21-15-27-22-10-6-5-9-19(21)22;26-21-11-15(12-22(27)23(21)28)24(29,18-10-9-14-5-1-2-6-16(14)18)19-13-25-20-8-4-3-7-17(19)20;26-18-8-5-7-17(14-18)24(21-13-12-16-6-1-2-9-19(16)21)22-15-25-23-11-4-3-10-20(22)23/h3-10,12-15,27-30H,2,11H2,1H3;1-8,10-13,25-29H,9H2;1-11,13-15,24-26H,12H2. The van der Waals surface area contributed by atoms with Gasteiger partial charge >= 0.3 is 0 Å². The minimum absolute atomic E-state index is 0.0851. The molecule has 0 spiro atoms. The lowest BCUT2D eigenvalue weighted by atomic mass is 9.65. The molecule has 3 aliphatic carbocycles. The fourth-order valence-corrected chi connectivity index (χ4v) is 13.4. The monoisotopic (exact) mass is 1120 g/mol. The highest BCUT2D eigenvalue weighted by Gasteiger charge is 2.43. The predicted octanol–water partition coefficient (Wildman–Crippen LogP) is 15.4. The van der Waals surface area contributed by atoms with Crippen LogP contribution in [0.3, 0.4) is 0 Å². The Morgan fingerprint density at radius 2 is 0.871 bits per heavy atom. The van der Waals surface area contributed by atoms with E-state index in [1.165, 1.54) is 50.9 Å². The van der Waals surface area contributed by atoms with E-state index in [4.69, 9.17) is 0 Å². The van der Waals surface area contributed by atoms with Crippen molar-refractivity contribution >= 4 is 49.4 Å². The molecule has 12 aromatic rings. The van der Waals surface area contributed by atoms with Gasteiger partial charge in [-0.1, -0.05) is 165 Å². The second kappa shape index (κ2) is 21.6. The Hall–Kier alpha value is -10.6. The van der Waals surface area contributed by atoms with Crippen LogP contribution in [0.1, 0.15) is 86.0 Å². The zero-order valence-electron chi connectivity index (χ0n) is 46.4. The molecular weight excluding hydrogens is 1060 g/mol. The van der Waals surface area contributed by atoms with Gasteiger partial charge in [0, 0.05) is 73.8 Å². The second-order valence-electron chi connectivity index (χ2n) is 22.0. The van der Waals surface area contributed by atoms with Gasteiger partial charge in [0.05, 0.1) is 0 Å². The van der Waals surface area contributed by atoms with Crippen molar-refractivity contribution in [2.24, 2.45) is 0 Å². The zero-order valence-corrected chi connectivity index (χ0v) is 46.4. The van der Waals surface area contributed by atoms with Crippen LogP contribution < -0.4 is 0 Å². The summed E-state index contributed by atoms with van der Waals surface area (Å²) in [5.41, 5.74) is 16.0. The van der Waals surface area contributed by atoms with Gasteiger partial charge in [-0.05, 0) is 153 Å². The first kappa shape index (κ1) is 53.7. The number of aliphatic hydroxyl groups is 1. The number of aromatic nitrogens is 3. The lowest BCUT2D eigenvalue weighted by molar-refractivity contribution is 0.146. The maximum absolute atomic E-state index is 12.2. The molecule has 3 atom stereocenters. The van der Waals surface area contributed by atoms with Gasteiger partial charge in [0.15, 0.2) is 34.5 Å². The van der Waals surface area contributed by atoms with Crippen LogP contribution in [0.25, 0.3) is 49.4 Å². The fraction of sp³-hybridized carbons (Fsp3) is 0.108. The van der Waals surface area contributed by atoms with E-state index in [2.05, 4.69) is 113 Å². The molecule has 0 saturated heterocycles. The van der Waals surface area contributed by atoms with Gasteiger partial charge in [-0.15, -0.1) is 0 Å². The summed E-state index contributed by atoms with van der Waals surface area (Å²) in [6, 6.07) is 62.4. The number of phenols is 7. The number of hydrogen-bond acceptors (Lipinski definition) is 8. The molecule has 420 valence electrons. The van der Waals surface area contributed by atoms with Gasteiger partial charge in [0.25, 0.3) is 0 Å². The summed E-state index contributed by atoms with van der Waals surface area (Å²) >= 11 is 0. The smallest absolute Gasteiger partial charge is 0.200 e. The van der Waals surface area contributed by atoms with Crippen molar-refractivity contribution in [1.82, 2.24) is 15.0 Å². The first-order valence-electron chi connectivity index (χ1n) is 28.4. The summed E-state index contributed by atoms with van der Waals surface area (Å²) < 4.78 is 0. The van der Waals surface area contributed by atoms with Crippen molar-refractivity contribution in [3.63, 3.8) is 0 Å². The van der Waals surface area contributed by atoms with E-state index in [9.17, 15) is 40.9 Å². The van der Waals surface area contributed by atoms with Gasteiger partial charge in [-0.25, -0.2) is 0 Å². The first-order chi connectivity index (χ1) is 41.4. The third kappa shape index (κ3) is 9.13. The Morgan fingerprint density at radius 3 is 1.46 bits per heavy atom. The Morgan fingerprint density at radius 1 is 0.424 bits per heavy atom. The predicted molar refractivity (Wildman–Crippen MR) is 336 cm³/mol. The van der Waals surface area contributed by atoms with Gasteiger partial charge in [0.1, 0.15) is 11.4 Å². The first-order valence-corrected chi connectivity index (χ1v) is 28.4. The van der Waals surface area contributed by atoms with Crippen LogP contribution in [-0.4, -0.2) is 55.8 Å². The molecule has 3 unspecified atom stereocenters. The minimum atomic E-state index is -1.66. The van der Waals surface area contributed by atoms with E-state index in [0.29, 0.717) is 29.7 Å². The van der Waals surface area contributed by atoms with Crippen LogP contribution in [-0.2, 0) is 30.3 Å². The van der Waals surface area contributed by atoms with Crippen molar-refractivity contribution < 1.29 is 40.9 Å². The number of rotatable bonds is 10. The maximum Gasteiger partial charge on any atom is 0.200 e. The number of benzene rings is 9. The maximum atomic E-state index is 12.2. The number of hydrogen-bond donors (Lipinski definition) is 11. The zero-order chi connectivity index (χ0) is 58.6. The lowest BCUT2D eigenvalue weighted by Crippen LogP contribution is -2.28. The Bertz CT molecular complexity index is 4610. The number of H-pyrrole nitrogens is 3. The van der Waals surface area contributed by atoms with Crippen LogP contribution in [0.15, 0.2) is 231 Å². The molecular formula is C74H61N3O8. The second-order valence-corrected chi connectivity index (χ2v) is 22.0. The SMILES string of the molecule is CCC(C1=CCc2ccccc21)(c1cc(O)c(O)c(O)c1)c1c[nH]c2ccccc12.Oc1cc(C(O)(C2=CCc3ccccc32)c2c[nH]c3ccccc23)cc(O)c1O.Oc1cccc(C(C2=CCc3ccccc32)c2c[nH]c3ccccc23)c1. The van der Waals surface area contributed by atoms with E-state index in [0.717, 1.165) is 73.6 Å². The van der Waals surface area contributed by atoms with Crippen LogP contribution in [0, 0.1) is 0 Å². The van der Waals surface area contributed by atoms with Crippen molar-refractivity contribution in [3.8, 4) is 40.2 Å². The number of nitrogens with one attached hydrogen (secondary N) is 3. The van der Waals surface area contributed by atoms with Crippen molar-refractivity contribution in [1.29, 1.82) is 0 Å². The van der Waals surface area contributed by atoms with Crippen LogP contribution >= 0.6 is 0 Å². The third-order valence-electron chi connectivity index (χ3n) is 17.4. The molecule has 15 rings (SSSR count). The van der Waals surface area contributed by atoms with Crippen LogP contribution in [0.5, 0.6) is 40.2 Å². The summed E-state index contributed by atoms with van der Waals surface area (Å²) in [6.45, 7) is 2.12. The fourth-order valence-electron chi connectivity index (χ4n) is 13.4. The largest absolute Gasteiger partial charge is 0.508 e. The summed E-state index contributed by atoms with van der Waals surface area (Å²) in [7, 11) is 0. The third-order valence-corrected chi connectivity index (χ3v) is 17.4. The topological polar surface area (TPSA) is 209 Å². The van der Waals surface area contributed by atoms with E-state index in [1.54, 1.807) is 24.4 Å². The van der Waals surface area contributed by atoms with E-state index in [-0.39, 0.29) is 23.0 Å². The molecule has 0 amide bonds. The lowest BCUT2D eigenvalue weighted by Gasteiger charge is -2.36. The van der Waals surface area contributed by atoms with Crippen molar-refractivity contribution in [3.05, 3.63) is 298 Å². The van der Waals surface area contributed by atoms with Gasteiger partial charge in [-0.2, -0.15) is 0 Å².